The summed E-state index contributed by atoms with van der Waals surface area (Å²) >= 11 is 0. The monoisotopic (exact) mass is 372 g/mol. The van der Waals surface area contributed by atoms with Crippen LogP contribution >= 0.6 is 0 Å². The summed E-state index contributed by atoms with van der Waals surface area (Å²) in [7, 11) is 3.36. The summed E-state index contributed by atoms with van der Waals surface area (Å²) in [6, 6.07) is 26.9. The van der Waals surface area contributed by atoms with E-state index in [0.717, 1.165) is 22.9 Å². The molecule has 142 valence electrons. The van der Waals surface area contributed by atoms with Gasteiger partial charge in [-0.25, -0.2) is 0 Å². The number of hydrogen-bond donors (Lipinski definition) is 1. The van der Waals surface area contributed by atoms with Gasteiger partial charge in [0.1, 0.15) is 23.4 Å². The Morgan fingerprint density at radius 3 is 2.14 bits per heavy atom. The SMILES string of the molecule is COc1ccc(OC)c(CC2=N[C@@H](c3ccccc3)[C@@H](c3ccccc3)N2)c1. The third-order valence-corrected chi connectivity index (χ3v) is 5.08. The number of amidine groups is 1. The summed E-state index contributed by atoms with van der Waals surface area (Å²) in [6.45, 7) is 0. The van der Waals surface area contributed by atoms with Gasteiger partial charge in [-0.15, -0.1) is 0 Å². The van der Waals surface area contributed by atoms with Crippen LogP contribution in [0.3, 0.4) is 0 Å². The van der Waals surface area contributed by atoms with Crippen molar-refractivity contribution in [2.75, 3.05) is 14.2 Å². The summed E-state index contributed by atoms with van der Waals surface area (Å²) in [5.74, 6) is 2.60. The molecule has 28 heavy (non-hydrogen) atoms. The van der Waals surface area contributed by atoms with E-state index < -0.39 is 0 Å². The van der Waals surface area contributed by atoms with E-state index in [1.165, 1.54) is 11.1 Å². The minimum Gasteiger partial charge on any atom is -0.497 e. The van der Waals surface area contributed by atoms with Crippen molar-refractivity contribution in [3.8, 4) is 11.5 Å². The third-order valence-electron chi connectivity index (χ3n) is 5.08. The van der Waals surface area contributed by atoms with E-state index in [0.29, 0.717) is 6.42 Å². The Morgan fingerprint density at radius 1 is 0.821 bits per heavy atom. The molecule has 4 heteroatoms. The molecular formula is C24H24N2O2. The number of aliphatic imine (C=N–C) groups is 1. The molecule has 4 nitrogen and oxygen atoms in total. The zero-order valence-electron chi connectivity index (χ0n) is 16.1. The van der Waals surface area contributed by atoms with E-state index in [9.17, 15) is 0 Å². The first-order chi connectivity index (χ1) is 13.8. The first-order valence-corrected chi connectivity index (χ1v) is 9.42. The van der Waals surface area contributed by atoms with Crippen molar-refractivity contribution in [2.24, 2.45) is 4.99 Å². The molecule has 0 fully saturated rings. The number of methoxy groups -OCH3 is 2. The average Bonchev–Trinajstić information content (AvgIpc) is 3.19. The number of benzene rings is 3. The normalized spacial score (nSPS) is 18.3. The molecular weight excluding hydrogens is 348 g/mol. The van der Waals surface area contributed by atoms with E-state index in [-0.39, 0.29) is 12.1 Å². The van der Waals surface area contributed by atoms with Crippen LogP contribution in [0.25, 0.3) is 0 Å². The van der Waals surface area contributed by atoms with Gasteiger partial charge in [0.15, 0.2) is 0 Å². The van der Waals surface area contributed by atoms with E-state index in [4.69, 9.17) is 14.5 Å². The van der Waals surface area contributed by atoms with Gasteiger partial charge in [-0.3, -0.25) is 4.99 Å². The summed E-state index contributed by atoms with van der Waals surface area (Å²) in [4.78, 5) is 5.05. The fourth-order valence-electron chi connectivity index (χ4n) is 3.68. The summed E-state index contributed by atoms with van der Waals surface area (Å²) in [6.07, 6.45) is 0.660. The first kappa shape index (κ1) is 18.1. The highest BCUT2D eigenvalue weighted by Crippen LogP contribution is 2.37. The smallest absolute Gasteiger partial charge is 0.122 e. The van der Waals surface area contributed by atoms with Gasteiger partial charge in [0, 0.05) is 12.0 Å². The van der Waals surface area contributed by atoms with Crippen molar-refractivity contribution in [2.45, 2.75) is 18.5 Å². The Labute approximate surface area is 165 Å². The molecule has 1 N–H and O–H groups in total. The Hall–Kier alpha value is -3.27. The van der Waals surface area contributed by atoms with Crippen molar-refractivity contribution >= 4 is 5.84 Å². The van der Waals surface area contributed by atoms with Gasteiger partial charge >= 0.3 is 0 Å². The molecule has 1 heterocycles. The maximum atomic E-state index is 5.54. The standard InChI is InChI=1S/C24H24N2O2/c1-27-20-13-14-21(28-2)19(15-20)16-22-25-23(17-9-5-3-6-10-17)24(26-22)18-11-7-4-8-12-18/h3-15,23-24H,16H2,1-2H3,(H,25,26)/t23-,24+. The number of nitrogens with one attached hydrogen (secondary N) is 1. The number of ether oxygens (including phenoxy) is 2. The lowest BCUT2D eigenvalue weighted by molar-refractivity contribution is 0.400. The quantitative estimate of drug-likeness (QED) is 0.680. The van der Waals surface area contributed by atoms with Crippen LogP contribution in [0.15, 0.2) is 83.9 Å². The predicted octanol–water partition coefficient (Wildman–Crippen LogP) is 4.73. The molecule has 0 saturated heterocycles. The van der Waals surface area contributed by atoms with Crippen molar-refractivity contribution in [1.82, 2.24) is 5.32 Å². The molecule has 0 aromatic heterocycles. The molecule has 0 aliphatic carbocycles. The molecule has 2 atom stereocenters. The third kappa shape index (κ3) is 3.72. The molecule has 0 amide bonds. The topological polar surface area (TPSA) is 42.9 Å². The van der Waals surface area contributed by atoms with Crippen LogP contribution in [0.5, 0.6) is 11.5 Å². The predicted molar refractivity (Wildman–Crippen MR) is 112 cm³/mol. The zero-order chi connectivity index (χ0) is 19.3. The largest absolute Gasteiger partial charge is 0.497 e. The molecule has 1 aliphatic heterocycles. The summed E-state index contributed by atoms with van der Waals surface area (Å²) < 4.78 is 10.9. The summed E-state index contributed by atoms with van der Waals surface area (Å²) in [5, 5.41) is 3.65. The maximum Gasteiger partial charge on any atom is 0.122 e. The van der Waals surface area contributed by atoms with E-state index >= 15 is 0 Å². The molecule has 0 saturated carbocycles. The van der Waals surface area contributed by atoms with Crippen LogP contribution in [0.1, 0.15) is 28.8 Å². The minimum atomic E-state index is 0.0372. The molecule has 1 aliphatic rings. The molecule has 4 rings (SSSR count). The van der Waals surface area contributed by atoms with Gasteiger partial charge in [0.2, 0.25) is 0 Å². The van der Waals surface area contributed by atoms with E-state index in [2.05, 4.69) is 53.8 Å². The fraction of sp³-hybridized carbons (Fsp3) is 0.208. The first-order valence-electron chi connectivity index (χ1n) is 9.42. The second-order valence-electron chi connectivity index (χ2n) is 6.82. The second kappa shape index (κ2) is 8.17. The lowest BCUT2D eigenvalue weighted by atomic mass is 9.95. The van der Waals surface area contributed by atoms with Crippen LogP contribution in [-0.2, 0) is 6.42 Å². The van der Waals surface area contributed by atoms with Crippen LogP contribution < -0.4 is 14.8 Å². The van der Waals surface area contributed by atoms with Crippen molar-refractivity contribution in [1.29, 1.82) is 0 Å². The van der Waals surface area contributed by atoms with Crippen molar-refractivity contribution in [3.63, 3.8) is 0 Å². The molecule has 0 bridgehead atoms. The summed E-state index contributed by atoms with van der Waals surface area (Å²) in [5.41, 5.74) is 3.48. The number of rotatable bonds is 6. The second-order valence-corrected chi connectivity index (χ2v) is 6.82. The van der Waals surface area contributed by atoms with Gasteiger partial charge in [-0.2, -0.15) is 0 Å². The van der Waals surface area contributed by atoms with E-state index in [1.807, 2.05) is 30.3 Å². The lowest BCUT2D eigenvalue weighted by Crippen LogP contribution is -2.25. The highest BCUT2D eigenvalue weighted by Gasteiger charge is 2.31. The Kier molecular flexibility index (Phi) is 5.29. The van der Waals surface area contributed by atoms with Gasteiger partial charge in [-0.1, -0.05) is 60.7 Å². The van der Waals surface area contributed by atoms with Crippen LogP contribution in [-0.4, -0.2) is 20.1 Å². The molecule has 3 aromatic carbocycles. The molecule has 3 aromatic rings. The van der Waals surface area contributed by atoms with Crippen LogP contribution in [0.2, 0.25) is 0 Å². The Bertz CT molecular complexity index is 955. The van der Waals surface area contributed by atoms with Gasteiger partial charge in [0.25, 0.3) is 0 Å². The van der Waals surface area contributed by atoms with Gasteiger partial charge in [0.05, 0.1) is 20.3 Å². The highest BCUT2D eigenvalue weighted by molar-refractivity contribution is 5.87. The van der Waals surface area contributed by atoms with Gasteiger partial charge in [-0.05, 0) is 29.3 Å². The number of hydrogen-bond acceptors (Lipinski definition) is 4. The van der Waals surface area contributed by atoms with E-state index in [1.54, 1.807) is 14.2 Å². The minimum absolute atomic E-state index is 0.0372. The van der Waals surface area contributed by atoms with Crippen molar-refractivity contribution < 1.29 is 9.47 Å². The molecule has 0 unspecified atom stereocenters. The maximum absolute atomic E-state index is 5.54. The number of nitrogens with zero attached hydrogens (tertiary/aromatic N) is 1. The van der Waals surface area contributed by atoms with Gasteiger partial charge < -0.3 is 14.8 Å². The van der Waals surface area contributed by atoms with Crippen molar-refractivity contribution in [3.05, 3.63) is 95.6 Å². The van der Waals surface area contributed by atoms with Crippen LogP contribution in [0.4, 0.5) is 0 Å². The Morgan fingerprint density at radius 2 is 1.50 bits per heavy atom. The zero-order valence-corrected chi connectivity index (χ0v) is 16.1. The lowest BCUT2D eigenvalue weighted by Gasteiger charge is -2.19. The molecule has 0 spiro atoms. The average molecular weight is 372 g/mol. The fourth-order valence-corrected chi connectivity index (χ4v) is 3.68. The Balaban J connectivity index is 1.67. The van der Waals surface area contributed by atoms with Crippen LogP contribution in [0, 0.1) is 0 Å². The molecule has 0 radical (unpaired) electrons. The highest BCUT2D eigenvalue weighted by atomic mass is 16.5.